The number of hydrogen-bond donors (Lipinski definition) is 3. The fourth-order valence-corrected chi connectivity index (χ4v) is 2.32. The molecule has 3 heterocycles. The van der Waals surface area contributed by atoms with E-state index in [9.17, 15) is 13.6 Å². The summed E-state index contributed by atoms with van der Waals surface area (Å²) >= 11 is 0. The molecule has 10 heteroatoms. The summed E-state index contributed by atoms with van der Waals surface area (Å²) in [5.74, 6) is 5.02. The maximum atomic E-state index is 12.3. The van der Waals surface area contributed by atoms with E-state index in [1.54, 1.807) is 25.3 Å². The van der Waals surface area contributed by atoms with Crippen LogP contribution >= 0.6 is 0 Å². The molecule has 0 spiro atoms. The van der Waals surface area contributed by atoms with Crippen molar-refractivity contribution in [3.63, 3.8) is 0 Å². The summed E-state index contributed by atoms with van der Waals surface area (Å²) < 4.78 is 28.9. The van der Waals surface area contributed by atoms with Gasteiger partial charge in [-0.1, -0.05) is 11.8 Å². The average molecular weight is 386 g/mol. The van der Waals surface area contributed by atoms with Crippen LogP contribution in [0, 0.1) is 11.8 Å². The van der Waals surface area contributed by atoms with Crippen molar-refractivity contribution in [2.45, 2.75) is 26.0 Å². The molecule has 4 N–H and O–H groups in total. The standard InChI is InChI=1S/C18H16F2N6O2/c1-10(24-17(27)16-25-12-6-3-7-22-15(12)26-16)4-2-5-11-8-13(28-18(19)20)14(21)23-9-11/h3,6-10,18H,4H2,1H3,(H2,21,23)(H,24,27)(H,22,25,26)/t10-/m0/s1. The first-order valence-corrected chi connectivity index (χ1v) is 8.23. The Morgan fingerprint density at radius 1 is 1.43 bits per heavy atom. The molecule has 0 aromatic carbocycles. The van der Waals surface area contributed by atoms with E-state index < -0.39 is 6.61 Å². The van der Waals surface area contributed by atoms with Crippen molar-refractivity contribution < 1.29 is 18.3 Å². The molecular formula is C18H16F2N6O2. The van der Waals surface area contributed by atoms with E-state index in [2.05, 4.69) is 41.8 Å². The van der Waals surface area contributed by atoms with Crippen LogP contribution in [0.4, 0.5) is 14.6 Å². The number of ether oxygens (including phenoxy) is 1. The second kappa shape index (κ2) is 8.30. The van der Waals surface area contributed by atoms with Crippen molar-refractivity contribution in [3.05, 3.63) is 42.0 Å². The zero-order valence-electron chi connectivity index (χ0n) is 14.7. The number of anilines is 1. The Morgan fingerprint density at radius 3 is 3.00 bits per heavy atom. The molecule has 28 heavy (non-hydrogen) atoms. The Bertz CT molecular complexity index is 1020. The van der Waals surface area contributed by atoms with Gasteiger partial charge in [-0.2, -0.15) is 8.78 Å². The van der Waals surface area contributed by atoms with E-state index in [0.717, 1.165) is 0 Å². The van der Waals surface area contributed by atoms with Gasteiger partial charge in [-0.25, -0.2) is 15.0 Å². The molecule has 0 radical (unpaired) electrons. The minimum atomic E-state index is -3.00. The number of nitrogens with one attached hydrogen (secondary N) is 2. The number of nitrogens with two attached hydrogens (primary N) is 1. The number of rotatable bonds is 5. The van der Waals surface area contributed by atoms with Gasteiger partial charge in [-0.3, -0.25) is 4.79 Å². The topological polar surface area (TPSA) is 119 Å². The number of imidazole rings is 1. The van der Waals surface area contributed by atoms with E-state index in [1.165, 1.54) is 12.3 Å². The number of carbonyl (C=O) groups excluding carboxylic acids is 1. The fraction of sp³-hybridized carbons (Fsp3) is 0.222. The fourth-order valence-electron chi connectivity index (χ4n) is 2.32. The maximum absolute atomic E-state index is 12.3. The molecule has 0 aliphatic heterocycles. The monoisotopic (exact) mass is 386 g/mol. The van der Waals surface area contributed by atoms with Crippen LogP contribution in [-0.2, 0) is 0 Å². The number of aromatic nitrogens is 4. The SMILES string of the molecule is C[C@@H](CC#Cc1cnc(N)c(OC(F)F)c1)NC(=O)c1nc2ncccc2[nH]1. The molecule has 0 fully saturated rings. The summed E-state index contributed by atoms with van der Waals surface area (Å²) in [5.41, 5.74) is 6.96. The van der Waals surface area contributed by atoms with Crippen LogP contribution in [0.5, 0.6) is 5.75 Å². The number of alkyl halides is 2. The zero-order valence-corrected chi connectivity index (χ0v) is 14.7. The van der Waals surface area contributed by atoms with Gasteiger partial charge in [0.15, 0.2) is 23.0 Å². The van der Waals surface area contributed by atoms with E-state index in [4.69, 9.17) is 5.73 Å². The molecule has 0 aliphatic rings. The van der Waals surface area contributed by atoms with Gasteiger partial charge in [0.05, 0.1) is 5.52 Å². The first-order valence-electron chi connectivity index (χ1n) is 8.23. The van der Waals surface area contributed by atoms with Crippen LogP contribution in [0.25, 0.3) is 11.2 Å². The van der Waals surface area contributed by atoms with Gasteiger partial charge in [0.2, 0.25) is 0 Å². The molecule has 1 atom stereocenters. The Morgan fingerprint density at radius 2 is 2.25 bits per heavy atom. The van der Waals surface area contributed by atoms with E-state index >= 15 is 0 Å². The van der Waals surface area contributed by atoms with Crippen molar-refractivity contribution >= 4 is 22.9 Å². The third-order valence-electron chi connectivity index (χ3n) is 3.59. The molecule has 144 valence electrons. The normalized spacial score (nSPS) is 11.7. The molecule has 0 bridgehead atoms. The van der Waals surface area contributed by atoms with Crippen molar-refractivity contribution in [3.8, 4) is 17.6 Å². The van der Waals surface area contributed by atoms with Gasteiger partial charge in [0.1, 0.15) is 0 Å². The first-order chi connectivity index (χ1) is 13.4. The first kappa shape index (κ1) is 19.0. The summed E-state index contributed by atoms with van der Waals surface area (Å²) in [4.78, 5) is 27.1. The van der Waals surface area contributed by atoms with Gasteiger partial charge in [-0.05, 0) is 19.1 Å². The molecule has 8 nitrogen and oxygen atoms in total. The predicted molar refractivity (Wildman–Crippen MR) is 97.6 cm³/mol. The Labute approximate surface area is 158 Å². The Balaban J connectivity index is 1.60. The number of nitrogen functional groups attached to an aromatic ring is 1. The second-order valence-corrected chi connectivity index (χ2v) is 5.83. The molecule has 1 amide bonds. The number of fused-ring (bicyclic) bond motifs is 1. The number of hydrogen-bond acceptors (Lipinski definition) is 6. The van der Waals surface area contributed by atoms with Gasteiger partial charge >= 0.3 is 6.61 Å². The lowest BCUT2D eigenvalue weighted by molar-refractivity contribution is -0.0495. The minimum Gasteiger partial charge on any atom is -0.431 e. The highest BCUT2D eigenvalue weighted by Crippen LogP contribution is 2.21. The van der Waals surface area contributed by atoms with Crippen LogP contribution in [0.3, 0.4) is 0 Å². The lowest BCUT2D eigenvalue weighted by Crippen LogP contribution is -2.32. The van der Waals surface area contributed by atoms with Crippen molar-refractivity contribution in [1.82, 2.24) is 25.3 Å². The van der Waals surface area contributed by atoms with E-state index in [1.807, 2.05) is 0 Å². The highest BCUT2D eigenvalue weighted by atomic mass is 19.3. The minimum absolute atomic E-state index is 0.146. The van der Waals surface area contributed by atoms with Crippen molar-refractivity contribution in [1.29, 1.82) is 0 Å². The number of aromatic amines is 1. The van der Waals surface area contributed by atoms with Gasteiger partial charge < -0.3 is 20.8 Å². The molecule has 3 aromatic rings. The summed E-state index contributed by atoms with van der Waals surface area (Å²) in [6.45, 7) is -1.23. The van der Waals surface area contributed by atoms with E-state index in [-0.39, 0.29) is 29.3 Å². The lowest BCUT2D eigenvalue weighted by atomic mass is 10.2. The second-order valence-electron chi connectivity index (χ2n) is 5.83. The van der Waals surface area contributed by atoms with Gasteiger partial charge in [0.25, 0.3) is 5.91 Å². The van der Waals surface area contributed by atoms with Crippen molar-refractivity contribution in [2.75, 3.05) is 5.73 Å². The molecule has 3 rings (SSSR count). The van der Waals surface area contributed by atoms with Crippen LogP contribution in [0.15, 0.2) is 30.6 Å². The smallest absolute Gasteiger partial charge is 0.387 e. The average Bonchev–Trinajstić information content (AvgIpc) is 3.08. The van der Waals surface area contributed by atoms with Crippen LogP contribution in [-0.4, -0.2) is 38.5 Å². The lowest BCUT2D eigenvalue weighted by Gasteiger charge is -2.09. The number of carbonyl (C=O) groups is 1. The highest BCUT2D eigenvalue weighted by Gasteiger charge is 2.14. The highest BCUT2D eigenvalue weighted by molar-refractivity contribution is 5.93. The molecule has 0 saturated heterocycles. The number of amides is 1. The Kier molecular flexibility index (Phi) is 5.64. The predicted octanol–water partition coefficient (Wildman–Crippen LogP) is 2.10. The molecule has 3 aromatic heterocycles. The molecule has 0 saturated carbocycles. The molecular weight excluding hydrogens is 370 g/mol. The maximum Gasteiger partial charge on any atom is 0.387 e. The van der Waals surface area contributed by atoms with Crippen molar-refractivity contribution in [2.24, 2.45) is 0 Å². The molecule has 0 aliphatic carbocycles. The summed E-state index contributed by atoms with van der Waals surface area (Å²) in [6, 6.07) is 4.52. The summed E-state index contributed by atoms with van der Waals surface area (Å²) in [5, 5.41) is 2.77. The Hall–Kier alpha value is -3.74. The number of nitrogens with zero attached hydrogens (tertiary/aromatic N) is 3. The molecule has 0 unspecified atom stereocenters. The third kappa shape index (κ3) is 4.70. The van der Waals surface area contributed by atoms with Crippen LogP contribution in [0.1, 0.15) is 29.5 Å². The summed E-state index contributed by atoms with van der Waals surface area (Å²) in [7, 11) is 0. The van der Waals surface area contributed by atoms with Gasteiger partial charge in [-0.15, -0.1) is 0 Å². The number of pyridine rings is 2. The summed E-state index contributed by atoms with van der Waals surface area (Å²) in [6.07, 6.45) is 3.26. The number of halogens is 2. The van der Waals surface area contributed by atoms with E-state index in [0.29, 0.717) is 23.1 Å². The number of H-pyrrole nitrogens is 1. The largest absolute Gasteiger partial charge is 0.431 e. The van der Waals surface area contributed by atoms with Crippen LogP contribution < -0.4 is 15.8 Å². The third-order valence-corrected chi connectivity index (χ3v) is 3.59. The van der Waals surface area contributed by atoms with Crippen LogP contribution in [0.2, 0.25) is 0 Å². The quantitative estimate of drug-likeness (QED) is 0.578. The van der Waals surface area contributed by atoms with Gasteiger partial charge in [0, 0.05) is 36.5 Å². The zero-order chi connectivity index (χ0) is 20.1.